The zero-order valence-electron chi connectivity index (χ0n) is 4.71. The molecule has 0 aliphatic heterocycles. The molecule has 9 N–H and O–H groups in total. The first kappa shape index (κ1) is 22.5. The molecule has 0 rings (SSSR count). The smallest absolute Gasteiger partial charge is 0.412 e. The summed E-state index contributed by atoms with van der Waals surface area (Å²) in [6.07, 6.45) is 0. The van der Waals surface area contributed by atoms with E-state index in [-0.39, 0.29) is 22.8 Å². The molecule has 0 aliphatic carbocycles. The predicted molar refractivity (Wildman–Crippen MR) is 40.6 cm³/mol. The van der Waals surface area contributed by atoms with Gasteiger partial charge in [-0.25, -0.2) is 0 Å². The number of hydrogen-bond acceptors (Lipinski definition) is 7. The Kier molecular flexibility index (Phi) is 21.5. The fourth-order valence-electron chi connectivity index (χ4n) is 0. The molecule has 11 heavy (non-hydrogen) atoms. The highest BCUT2D eigenvalue weighted by Gasteiger charge is 2.22. The van der Waals surface area contributed by atoms with Crippen LogP contribution in [0.3, 0.4) is 0 Å². The highest BCUT2D eigenvalue weighted by atomic mass is 28.4. The van der Waals surface area contributed by atoms with Crippen LogP contribution >= 0.6 is 0 Å². The highest BCUT2D eigenvalue weighted by Crippen LogP contribution is 1.67. The first-order valence-corrected chi connectivity index (χ1v) is 3.46. The fraction of sp³-hybridized carbons (Fsp3) is 0. The molecule has 0 atom stereocenters. The topological polar surface area (TPSA) is 173 Å². The van der Waals surface area contributed by atoms with Gasteiger partial charge in [-0.2, -0.15) is 0 Å². The second-order valence-corrected chi connectivity index (χ2v) is 2.15. The van der Waals surface area contributed by atoms with Crippen molar-refractivity contribution in [2.24, 2.45) is 0 Å². The molecule has 8 nitrogen and oxygen atoms in total. The molecule has 0 fully saturated rings. The van der Waals surface area contributed by atoms with Crippen LogP contribution in [0, 0.1) is 0 Å². The second kappa shape index (κ2) is 10.5. The third-order valence-electron chi connectivity index (χ3n) is 0. The van der Waals surface area contributed by atoms with Crippen molar-refractivity contribution in [1.82, 2.24) is 0 Å². The number of rotatable bonds is 0. The molecule has 11 heteroatoms. The normalized spacial score (nSPS) is 7.91. The van der Waals surface area contributed by atoms with Gasteiger partial charge in [0, 0.05) is 0 Å². The summed E-state index contributed by atoms with van der Waals surface area (Å²) in [4.78, 5) is 29.3. The van der Waals surface area contributed by atoms with Gasteiger partial charge >= 0.3 is 16.4 Å². The average Bonchev–Trinajstić information content (AvgIpc) is 1.19. The minimum Gasteiger partial charge on any atom is -0.412 e. The maximum atomic E-state index is 7.33. The van der Waals surface area contributed by atoms with Gasteiger partial charge in [-0.05, 0) is 0 Å². The summed E-state index contributed by atoms with van der Waals surface area (Å²) in [6.45, 7) is 0. The van der Waals surface area contributed by atoms with Crippen molar-refractivity contribution in [3.05, 3.63) is 0 Å². The minimum absolute atomic E-state index is 0. The average molecular weight is 206 g/mol. The molecular weight excluding hydrogens is 194 g/mol. The Bertz CT molecular complexity index is 50.8. The summed E-state index contributed by atoms with van der Waals surface area (Å²) >= 11 is 0. The molecule has 0 saturated carbocycles. The molecule has 70 valence electrons. The van der Waals surface area contributed by atoms with E-state index in [1.165, 1.54) is 0 Å². The Hall–Kier alpha value is 0.494. The molecule has 0 heterocycles. The van der Waals surface area contributed by atoms with E-state index in [1.807, 2.05) is 0 Å². The van der Waals surface area contributed by atoms with Crippen molar-refractivity contribution in [3.8, 4) is 0 Å². The van der Waals surface area contributed by atoms with Crippen LogP contribution in [0.4, 0.5) is 0 Å². The molecule has 0 unspecified atom stereocenters. The van der Waals surface area contributed by atoms with Crippen LogP contribution in [0.15, 0.2) is 0 Å². The highest BCUT2D eigenvalue weighted by molar-refractivity contribution is 6.46. The van der Waals surface area contributed by atoms with E-state index in [4.69, 9.17) is 34.3 Å². The van der Waals surface area contributed by atoms with Crippen LogP contribution < -0.4 is 0 Å². The van der Waals surface area contributed by atoms with Gasteiger partial charge in [0.1, 0.15) is 0 Å². The molecular formula is H12AlBO8Si. The third kappa shape index (κ3) is 3100. The third-order valence-corrected chi connectivity index (χ3v) is 0. The zero-order chi connectivity index (χ0) is 8.08. The van der Waals surface area contributed by atoms with Gasteiger partial charge in [0.15, 0.2) is 17.4 Å². The Morgan fingerprint density at radius 2 is 0.818 bits per heavy atom. The molecule has 0 saturated heterocycles. The fourth-order valence-corrected chi connectivity index (χ4v) is 0. The maximum Gasteiger partial charge on any atom is 0.668 e. The quantitative estimate of drug-likeness (QED) is 0.193. The van der Waals surface area contributed by atoms with Gasteiger partial charge in [0.2, 0.25) is 0 Å². The number of hydrogen-bond donors (Lipinski definition) is 7. The summed E-state index contributed by atoms with van der Waals surface area (Å²) in [5.41, 5.74) is 0. The van der Waals surface area contributed by atoms with Crippen LogP contribution in [0.1, 0.15) is 0 Å². The van der Waals surface area contributed by atoms with Crippen molar-refractivity contribution < 1.29 is 39.7 Å². The van der Waals surface area contributed by atoms with Crippen LogP contribution in [-0.4, -0.2) is 73.5 Å². The van der Waals surface area contributed by atoms with E-state index in [2.05, 4.69) is 0 Å². The van der Waals surface area contributed by atoms with Crippen LogP contribution in [-0.2, 0) is 0 Å². The van der Waals surface area contributed by atoms with Gasteiger partial charge in [-0.15, -0.1) is 0 Å². The van der Waals surface area contributed by atoms with Crippen LogP contribution in [0.2, 0.25) is 0 Å². The van der Waals surface area contributed by atoms with Crippen molar-refractivity contribution in [2.45, 2.75) is 0 Å². The Balaban J connectivity index is -0.0000000383. The van der Waals surface area contributed by atoms with E-state index in [1.54, 1.807) is 0 Å². The van der Waals surface area contributed by atoms with Crippen LogP contribution in [0.5, 0.6) is 0 Å². The summed E-state index contributed by atoms with van der Waals surface area (Å²) in [6, 6.07) is 0. The molecule has 0 bridgehead atoms. The molecule has 0 spiro atoms. The molecule has 0 amide bonds. The molecule has 0 aliphatic rings. The Morgan fingerprint density at radius 3 is 0.818 bits per heavy atom. The largest absolute Gasteiger partial charge is 0.668 e. The Morgan fingerprint density at radius 1 is 0.818 bits per heavy atom. The monoisotopic (exact) mass is 206 g/mol. The van der Waals surface area contributed by atoms with Gasteiger partial charge in [0.05, 0.1) is 0 Å². The molecule has 0 aromatic rings. The second-order valence-electron chi connectivity index (χ2n) is 0.946. The lowest BCUT2D eigenvalue weighted by Gasteiger charge is -1.91. The van der Waals surface area contributed by atoms with Crippen molar-refractivity contribution in [2.75, 3.05) is 0 Å². The van der Waals surface area contributed by atoms with Crippen molar-refractivity contribution >= 4 is 33.7 Å². The van der Waals surface area contributed by atoms with Crippen molar-refractivity contribution in [3.63, 3.8) is 0 Å². The van der Waals surface area contributed by atoms with Gasteiger partial charge in [0.25, 0.3) is 0 Å². The molecule has 0 aromatic heterocycles. The summed E-state index contributed by atoms with van der Waals surface area (Å²) in [7, 11) is -6.78. The Labute approximate surface area is 74.1 Å². The van der Waals surface area contributed by atoms with E-state index in [9.17, 15) is 0 Å². The van der Waals surface area contributed by atoms with E-state index in [0.717, 1.165) is 0 Å². The SMILES string of the molecule is O.OB(O)O.O[Si](O)(O)O.[AlH3]. The van der Waals surface area contributed by atoms with E-state index in [0.29, 0.717) is 0 Å². The lowest BCUT2D eigenvalue weighted by atomic mass is 10.3. The van der Waals surface area contributed by atoms with E-state index < -0.39 is 16.4 Å². The molecule has 0 aromatic carbocycles. The summed E-state index contributed by atoms with van der Waals surface area (Å²) in [5.74, 6) is 0. The van der Waals surface area contributed by atoms with Gasteiger partial charge in [-0.1, -0.05) is 0 Å². The van der Waals surface area contributed by atoms with E-state index >= 15 is 0 Å². The summed E-state index contributed by atoms with van der Waals surface area (Å²) in [5, 5.41) is 21.5. The van der Waals surface area contributed by atoms with Gasteiger partial charge in [-0.3, -0.25) is 0 Å². The minimum atomic E-state index is -4.61. The lowest BCUT2D eigenvalue weighted by molar-refractivity contribution is 0.117. The first-order chi connectivity index (χ1) is 3.73. The predicted octanol–water partition coefficient (Wildman–Crippen LogP) is -6.67. The van der Waals surface area contributed by atoms with Crippen LogP contribution in [0.25, 0.3) is 0 Å². The zero-order valence-corrected chi connectivity index (χ0v) is 5.71. The summed E-state index contributed by atoms with van der Waals surface area (Å²) < 4.78 is 0. The lowest BCUT2D eigenvalue weighted by Crippen LogP contribution is -2.33. The van der Waals surface area contributed by atoms with Crippen molar-refractivity contribution in [1.29, 1.82) is 0 Å². The molecule has 0 radical (unpaired) electrons. The maximum absolute atomic E-state index is 7.33. The first-order valence-electron chi connectivity index (χ1n) is 1.67. The van der Waals surface area contributed by atoms with Gasteiger partial charge < -0.3 is 39.7 Å². The standard InChI is InChI=1S/Al.BH3O3.H4O4Si.H2O.3H/c;2-1(3)4;1-5(2,3)4;;;;/h;2-4H;1-4H;1H2;;;.